The molecule has 0 spiro atoms. The van der Waals surface area contributed by atoms with Crippen molar-refractivity contribution in [2.75, 3.05) is 0 Å². The summed E-state index contributed by atoms with van der Waals surface area (Å²) in [5.41, 5.74) is 13.4. The van der Waals surface area contributed by atoms with Crippen molar-refractivity contribution < 1.29 is 25.2 Å². The summed E-state index contributed by atoms with van der Waals surface area (Å²) in [6.45, 7) is 11.0. The van der Waals surface area contributed by atoms with Crippen molar-refractivity contribution in [3.63, 3.8) is 0 Å². The van der Waals surface area contributed by atoms with Crippen molar-refractivity contribution >= 4 is 21.8 Å². The van der Waals surface area contributed by atoms with Crippen LogP contribution in [0.15, 0.2) is 85.1 Å². The second-order valence-electron chi connectivity index (χ2n) is 16.5. The van der Waals surface area contributed by atoms with Gasteiger partial charge in [0.2, 0.25) is 0 Å². The molecule has 0 amide bonds. The Labute approximate surface area is 346 Å². The van der Waals surface area contributed by atoms with Crippen LogP contribution in [0.4, 0.5) is 0 Å². The Hall–Kier alpha value is -4.50. The minimum absolute atomic E-state index is 0. The number of para-hydroxylation sites is 1. The first-order valence-corrected chi connectivity index (χ1v) is 20.7. The van der Waals surface area contributed by atoms with Gasteiger partial charge in [-0.2, -0.15) is 11.2 Å². The summed E-state index contributed by atoms with van der Waals surface area (Å²) in [7, 11) is 0. The quantitative estimate of drug-likeness (QED) is 0.113. The second kappa shape index (κ2) is 16.2. The van der Waals surface area contributed by atoms with Crippen molar-refractivity contribution in [1.29, 1.82) is 0 Å². The first-order chi connectivity index (χ1) is 26.8. The molecule has 4 aromatic carbocycles. The molecule has 0 atom stereocenters. The molecule has 0 aliphatic heterocycles. The predicted octanol–water partition coefficient (Wildman–Crippen LogP) is 13.6. The van der Waals surface area contributed by atoms with E-state index in [2.05, 4.69) is 123 Å². The molecule has 9 rings (SSSR count). The second-order valence-corrected chi connectivity index (χ2v) is 16.5. The van der Waals surface area contributed by atoms with E-state index >= 15 is 0 Å². The summed E-state index contributed by atoms with van der Waals surface area (Å²) >= 11 is 0. The largest absolute Gasteiger partial charge is 2.00 e. The van der Waals surface area contributed by atoms with E-state index in [1.807, 2.05) is 18.3 Å². The van der Waals surface area contributed by atoms with Gasteiger partial charge in [0.15, 0.2) is 0 Å². The number of hydrogen-bond acceptors (Lipinski definition) is 3. The van der Waals surface area contributed by atoms with Crippen LogP contribution in [-0.2, 0) is 20.4 Å². The van der Waals surface area contributed by atoms with E-state index in [0.29, 0.717) is 29.3 Å². The van der Waals surface area contributed by atoms with E-state index in [1.54, 1.807) is 11.1 Å². The van der Waals surface area contributed by atoms with Gasteiger partial charge in [-0.3, -0.25) is 4.68 Å². The van der Waals surface area contributed by atoms with Gasteiger partial charge < -0.3 is 9.30 Å². The molecule has 0 radical (unpaired) electrons. The first-order valence-electron chi connectivity index (χ1n) is 20.7. The van der Waals surface area contributed by atoms with Gasteiger partial charge in [-0.05, 0) is 116 Å². The van der Waals surface area contributed by atoms with Crippen LogP contribution in [0.3, 0.4) is 0 Å². The molecule has 2 aliphatic carbocycles. The van der Waals surface area contributed by atoms with Crippen LogP contribution in [0.1, 0.15) is 129 Å². The van der Waals surface area contributed by atoms with Crippen LogP contribution in [0.5, 0.6) is 11.5 Å². The number of rotatable bonds is 8. The summed E-state index contributed by atoms with van der Waals surface area (Å²) in [4.78, 5) is 4.76. The molecule has 0 saturated heterocycles. The van der Waals surface area contributed by atoms with Crippen LogP contribution >= 0.6 is 0 Å². The smallest absolute Gasteiger partial charge is 0.509 e. The zero-order valence-corrected chi connectivity index (χ0v) is 35.0. The Morgan fingerprint density at radius 2 is 1.39 bits per heavy atom. The van der Waals surface area contributed by atoms with Gasteiger partial charge in [0, 0.05) is 34.5 Å². The first kappa shape index (κ1) is 38.4. The topological polar surface area (TPSA) is 44.9 Å². The van der Waals surface area contributed by atoms with Gasteiger partial charge in [-0.15, -0.1) is 41.3 Å². The minimum atomic E-state index is 0. The molecule has 2 fully saturated rings. The number of pyridine rings is 1. The van der Waals surface area contributed by atoms with Gasteiger partial charge in [0.1, 0.15) is 5.82 Å². The van der Waals surface area contributed by atoms with Crippen molar-refractivity contribution in [2.45, 2.75) is 117 Å². The Kier molecular flexibility index (Phi) is 11.1. The van der Waals surface area contributed by atoms with E-state index in [4.69, 9.17) is 14.8 Å². The molecular weight excluding hydrogens is 779 g/mol. The Bertz CT molecular complexity index is 2480. The fourth-order valence-corrected chi connectivity index (χ4v) is 9.61. The molecule has 2 saturated carbocycles. The van der Waals surface area contributed by atoms with Gasteiger partial charge in [-0.25, -0.2) is 4.98 Å². The molecule has 5 nitrogen and oxygen atoms in total. The van der Waals surface area contributed by atoms with Crippen molar-refractivity contribution in [1.82, 2.24) is 19.3 Å². The number of aromatic nitrogens is 4. The number of aryl methyl sites for hydroxylation is 2. The fraction of sp³-hybridized carbons (Fsp3) is 0.360. The van der Waals surface area contributed by atoms with Gasteiger partial charge in [0.25, 0.3) is 0 Å². The molecule has 6 heteroatoms. The zero-order valence-electron chi connectivity index (χ0n) is 33.4. The third-order valence-electron chi connectivity index (χ3n) is 12.4. The monoisotopic (exact) mass is 830 g/mol. The van der Waals surface area contributed by atoms with E-state index < -0.39 is 0 Å². The molecule has 56 heavy (non-hydrogen) atoms. The number of fused-ring (bicyclic) bond motifs is 3. The molecule has 3 aromatic heterocycles. The van der Waals surface area contributed by atoms with Gasteiger partial charge in [0.05, 0.1) is 5.69 Å². The predicted molar refractivity (Wildman–Crippen MR) is 225 cm³/mol. The maximum absolute atomic E-state index is 6.72. The summed E-state index contributed by atoms with van der Waals surface area (Å²) < 4.78 is 11.0. The average Bonchev–Trinajstić information content (AvgIpc) is 3.70. The third-order valence-corrected chi connectivity index (χ3v) is 12.4. The Balaban J connectivity index is 0.00000441. The van der Waals surface area contributed by atoms with Crippen LogP contribution in [-0.4, -0.2) is 19.3 Å². The number of nitrogens with zero attached hydrogens (tertiary/aromatic N) is 4. The standard InChI is InChI=1S/C50H52N4O.Pd/c1-32(2)38-28-39(30-41(29-38)55-40-23-24-45-44-19-12-13-22-46(44)53(47(45)31-40)48-27-33(3)25-26-51-48)54-35(5)49(34(4)52-54)50-42(36-15-8-6-9-16-36)20-14-21-43(50)37-17-10-7-11-18-37;/h12-14,19-29,32,36-37H,6-11,15-18H2,1-5H3;/q-2;+2. The van der Waals surface area contributed by atoms with Crippen molar-refractivity contribution in [3.05, 3.63) is 131 Å². The van der Waals surface area contributed by atoms with E-state index in [1.165, 1.54) is 86.6 Å². The molecule has 0 unspecified atom stereocenters. The van der Waals surface area contributed by atoms with Gasteiger partial charge >= 0.3 is 20.4 Å². The van der Waals surface area contributed by atoms with Gasteiger partial charge in [-0.1, -0.05) is 94.3 Å². The summed E-state index contributed by atoms with van der Waals surface area (Å²) in [5, 5.41) is 7.58. The van der Waals surface area contributed by atoms with Crippen molar-refractivity contribution in [2.24, 2.45) is 0 Å². The number of ether oxygens (including phenoxy) is 1. The van der Waals surface area contributed by atoms with E-state index in [9.17, 15) is 0 Å². The molecule has 288 valence electrons. The maximum atomic E-state index is 6.72. The summed E-state index contributed by atoms with van der Waals surface area (Å²) in [6.07, 6.45) is 15.0. The third kappa shape index (κ3) is 7.16. The molecule has 0 bridgehead atoms. The molecule has 2 aliphatic rings. The molecule has 7 aromatic rings. The fourth-order valence-electron chi connectivity index (χ4n) is 9.61. The van der Waals surface area contributed by atoms with Crippen molar-refractivity contribution in [3.8, 4) is 34.1 Å². The van der Waals surface area contributed by atoms with Crippen LogP contribution in [0, 0.1) is 32.9 Å². The SMILES string of the molecule is Cc1ccnc(-n2c3[c-]c(Oc4[c-]c(-n5nc(C)c(-c6c(C7CCCCC7)cccc6C6CCCCC6)c5C)cc(C(C)C)c4)ccc3c3ccccc32)c1.[Pd+2]. The van der Waals surface area contributed by atoms with Crippen LogP contribution < -0.4 is 4.74 Å². The molecule has 3 heterocycles. The van der Waals surface area contributed by atoms with E-state index in [-0.39, 0.29) is 20.4 Å². The minimum Gasteiger partial charge on any atom is -0.509 e. The molecular formula is C50H52N4OPd. The summed E-state index contributed by atoms with van der Waals surface area (Å²) in [5.74, 6) is 3.68. The Morgan fingerprint density at radius 1 is 0.696 bits per heavy atom. The Morgan fingerprint density at radius 3 is 2.07 bits per heavy atom. The zero-order chi connectivity index (χ0) is 37.6. The molecule has 0 N–H and O–H groups in total. The van der Waals surface area contributed by atoms with Crippen LogP contribution in [0.25, 0.3) is 44.4 Å². The maximum Gasteiger partial charge on any atom is 2.00 e. The summed E-state index contributed by atoms with van der Waals surface area (Å²) in [6, 6.07) is 35.7. The number of benzene rings is 4. The average molecular weight is 831 g/mol. The number of hydrogen-bond donors (Lipinski definition) is 0. The van der Waals surface area contributed by atoms with E-state index in [0.717, 1.165) is 44.6 Å². The van der Waals surface area contributed by atoms with Crippen LogP contribution in [0.2, 0.25) is 0 Å². The normalized spacial score (nSPS) is 15.5.